The van der Waals surface area contributed by atoms with Crippen LogP contribution in [0.25, 0.3) is 76.9 Å². The van der Waals surface area contributed by atoms with Crippen molar-refractivity contribution in [1.29, 1.82) is 0 Å². The summed E-state index contributed by atoms with van der Waals surface area (Å²) < 4.78 is 4.97. The summed E-state index contributed by atoms with van der Waals surface area (Å²) >= 11 is 0. The molecule has 256 valence electrons. The molecule has 0 spiro atoms. The molecular formula is C52H34N2Si. The van der Waals surface area contributed by atoms with Gasteiger partial charge in [0.2, 0.25) is 0 Å². The minimum atomic E-state index is -2.66. The van der Waals surface area contributed by atoms with Gasteiger partial charge in [-0.05, 0) is 91.2 Å². The van der Waals surface area contributed by atoms with Gasteiger partial charge in [-0.2, -0.15) is 0 Å². The lowest BCUT2D eigenvalue weighted by Gasteiger charge is -2.31. The lowest BCUT2D eigenvalue weighted by molar-refractivity contribution is 1.18. The number of hydrogen-bond donors (Lipinski definition) is 0. The summed E-state index contributed by atoms with van der Waals surface area (Å²) in [4.78, 5) is 0. The van der Waals surface area contributed by atoms with Gasteiger partial charge in [-0.25, -0.2) is 0 Å². The molecule has 0 saturated heterocycles. The second-order valence-electron chi connectivity index (χ2n) is 14.9. The number of benzene rings is 9. The van der Waals surface area contributed by atoms with E-state index in [1.807, 2.05) is 0 Å². The van der Waals surface area contributed by atoms with E-state index >= 15 is 0 Å². The van der Waals surface area contributed by atoms with Gasteiger partial charge in [0.05, 0.1) is 22.1 Å². The summed E-state index contributed by atoms with van der Waals surface area (Å²) in [5, 5.41) is 13.3. The average Bonchev–Trinajstić information content (AvgIpc) is 3.87. The molecule has 0 N–H and O–H groups in total. The van der Waals surface area contributed by atoms with Crippen LogP contribution in [-0.4, -0.2) is 17.2 Å². The number of nitrogens with zero attached hydrogens (tertiary/aromatic N) is 2. The Balaban J connectivity index is 1.16. The number of para-hydroxylation sites is 2. The van der Waals surface area contributed by atoms with Crippen LogP contribution in [0.5, 0.6) is 0 Å². The highest BCUT2D eigenvalue weighted by molar-refractivity contribution is 7.22. The van der Waals surface area contributed by atoms with Crippen molar-refractivity contribution in [2.24, 2.45) is 0 Å². The van der Waals surface area contributed by atoms with Crippen LogP contribution in [0.4, 0.5) is 0 Å². The van der Waals surface area contributed by atoms with Gasteiger partial charge in [0.15, 0.2) is 8.07 Å². The summed E-state index contributed by atoms with van der Waals surface area (Å²) in [5.41, 5.74) is 9.94. The Morgan fingerprint density at radius 3 is 1.44 bits per heavy atom. The predicted octanol–water partition coefficient (Wildman–Crippen LogP) is 10.4. The van der Waals surface area contributed by atoms with Gasteiger partial charge in [-0.3, -0.25) is 0 Å². The summed E-state index contributed by atoms with van der Waals surface area (Å²) in [6, 6.07) is 77.2. The van der Waals surface area contributed by atoms with Gasteiger partial charge >= 0.3 is 0 Å². The molecule has 1 aliphatic heterocycles. The summed E-state index contributed by atoms with van der Waals surface area (Å²) in [5.74, 6) is 0. The molecule has 3 heterocycles. The van der Waals surface area contributed by atoms with E-state index in [-0.39, 0.29) is 0 Å². The van der Waals surface area contributed by atoms with Crippen molar-refractivity contribution >= 4 is 83.2 Å². The van der Waals surface area contributed by atoms with Crippen LogP contribution in [0.1, 0.15) is 0 Å². The van der Waals surface area contributed by atoms with Crippen LogP contribution in [0, 0.1) is 0 Å². The third-order valence-corrected chi connectivity index (χ3v) is 17.0. The Bertz CT molecular complexity index is 3280. The van der Waals surface area contributed by atoms with Crippen LogP contribution in [-0.2, 0) is 0 Å². The van der Waals surface area contributed by atoms with Crippen molar-refractivity contribution in [2.45, 2.75) is 0 Å². The molecule has 0 amide bonds. The maximum Gasteiger partial charge on any atom is 0.180 e. The van der Waals surface area contributed by atoms with E-state index in [9.17, 15) is 0 Å². The molecule has 0 fully saturated rings. The molecule has 1 aliphatic rings. The molecule has 2 aromatic heterocycles. The van der Waals surface area contributed by atoms with Crippen molar-refractivity contribution in [1.82, 2.24) is 9.13 Å². The Morgan fingerprint density at radius 1 is 0.291 bits per heavy atom. The molecule has 9 aromatic carbocycles. The third kappa shape index (κ3) is 4.19. The molecule has 11 aromatic rings. The number of hydrogen-bond acceptors (Lipinski definition) is 0. The maximum absolute atomic E-state index is 2.66. The number of rotatable bonds is 4. The minimum Gasteiger partial charge on any atom is -0.309 e. The number of fused-ring (bicyclic) bond motifs is 10. The minimum absolute atomic E-state index is 1.18. The second kappa shape index (κ2) is 11.5. The van der Waals surface area contributed by atoms with Crippen LogP contribution >= 0.6 is 0 Å². The van der Waals surface area contributed by atoms with Gasteiger partial charge in [0, 0.05) is 32.9 Å². The van der Waals surface area contributed by atoms with Gasteiger partial charge in [-0.15, -0.1) is 0 Å². The molecule has 3 heteroatoms. The fourth-order valence-corrected chi connectivity index (χ4v) is 15.1. The van der Waals surface area contributed by atoms with Crippen molar-refractivity contribution in [2.75, 3.05) is 0 Å². The van der Waals surface area contributed by atoms with Crippen molar-refractivity contribution < 1.29 is 0 Å². The quantitative estimate of drug-likeness (QED) is 0.161. The third-order valence-electron chi connectivity index (χ3n) is 12.2. The van der Waals surface area contributed by atoms with Gasteiger partial charge in [-0.1, -0.05) is 158 Å². The first-order valence-corrected chi connectivity index (χ1v) is 21.1. The zero-order valence-corrected chi connectivity index (χ0v) is 31.0. The van der Waals surface area contributed by atoms with Crippen molar-refractivity contribution in [3.63, 3.8) is 0 Å². The fraction of sp³-hybridized carbons (Fsp3) is 0. The van der Waals surface area contributed by atoms with Gasteiger partial charge < -0.3 is 9.13 Å². The zero-order chi connectivity index (χ0) is 36.1. The van der Waals surface area contributed by atoms with Crippen molar-refractivity contribution in [3.05, 3.63) is 206 Å². The topological polar surface area (TPSA) is 9.86 Å². The molecular weight excluding hydrogens is 681 g/mol. The molecule has 0 bridgehead atoms. The molecule has 12 rings (SSSR count). The molecule has 0 radical (unpaired) electrons. The second-order valence-corrected chi connectivity index (χ2v) is 18.6. The van der Waals surface area contributed by atoms with E-state index < -0.39 is 8.07 Å². The Labute approximate surface area is 319 Å². The summed E-state index contributed by atoms with van der Waals surface area (Å²) in [6.07, 6.45) is 0. The Hall–Kier alpha value is -6.94. The smallest absolute Gasteiger partial charge is 0.180 e. The average molecular weight is 715 g/mol. The highest BCUT2D eigenvalue weighted by Crippen LogP contribution is 2.40. The van der Waals surface area contributed by atoms with Crippen LogP contribution in [0.3, 0.4) is 0 Å². The van der Waals surface area contributed by atoms with E-state index in [0.29, 0.717) is 0 Å². The first-order valence-electron chi connectivity index (χ1n) is 19.1. The first kappa shape index (κ1) is 30.5. The van der Waals surface area contributed by atoms with E-state index in [2.05, 4.69) is 215 Å². The Kier molecular flexibility index (Phi) is 6.39. The Morgan fingerprint density at radius 2 is 0.782 bits per heavy atom. The van der Waals surface area contributed by atoms with Gasteiger partial charge in [0.1, 0.15) is 0 Å². The SMILES string of the molecule is c1ccc([Si]2(c3ccccc3)c3ccccc3-c3ccc(-n4c5ccccc5c5cc6c(cc54)c4ccccc4n6-c4ccc5ccccc5c4)cc32)cc1. The molecule has 0 unspecified atom stereocenters. The number of aromatic nitrogens is 2. The fourth-order valence-electron chi connectivity index (χ4n) is 9.87. The summed E-state index contributed by atoms with van der Waals surface area (Å²) in [7, 11) is -2.66. The van der Waals surface area contributed by atoms with E-state index in [1.54, 1.807) is 0 Å². The highest BCUT2D eigenvalue weighted by Gasteiger charge is 2.48. The van der Waals surface area contributed by atoms with E-state index in [0.717, 1.165) is 0 Å². The largest absolute Gasteiger partial charge is 0.309 e. The van der Waals surface area contributed by atoms with E-state index in [4.69, 9.17) is 0 Å². The van der Waals surface area contributed by atoms with Gasteiger partial charge in [0.25, 0.3) is 0 Å². The molecule has 55 heavy (non-hydrogen) atoms. The zero-order valence-electron chi connectivity index (χ0n) is 30.0. The molecule has 0 saturated carbocycles. The summed E-state index contributed by atoms with van der Waals surface area (Å²) in [6.45, 7) is 0. The first-order chi connectivity index (χ1) is 27.3. The standard InChI is InChI=1S/C52H34N2Si/c1-3-17-39(18-4-1)55(40-19-5-2-6-20-40)51-26-14-11-23-43(51)44-30-29-38(32-52(44)55)54-48-25-13-10-22-42(48)46-33-49-45(34-50(46)54)41-21-9-12-24-47(41)53(49)37-28-27-35-15-7-8-16-36(35)31-37/h1-34H. The lowest BCUT2D eigenvalue weighted by atomic mass is 10.1. The predicted molar refractivity (Wildman–Crippen MR) is 235 cm³/mol. The molecule has 2 nitrogen and oxygen atoms in total. The van der Waals surface area contributed by atoms with Crippen LogP contribution in [0.15, 0.2) is 206 Å². The molecule has 0 atom stereocenters. The van der Waals surface area contributed by atoms with E-state index in [1.165, 1.54) is 97.6 Å². The van der Waals surface area contributed by atoms with Crippen molar-refractivity contribution in [3.8, 4) is 22.5 Å². The highest BCUT2D eigenvalue weighted by atomic mass is 28.3. The van der Waals surface area contributed by atoms with Crippen LogP contribution < -0.4 is 20.7 Å². The normalized spacial score (nSPS) is 13.2. The lowest BCUT2D eigenvalue weighted by Crippen LogP contribution is -2.72. The monoisotopic (exact) mass is 714 g/mol. The molecule has 0 aliphatic carbocycles. The van der Waals surface area contributed by atoms with Crippen LogP contribution in [0.2, 0.25) is 0 Å². The maximum atomic E-state index is 2.54.